The van der Waals surface area contributed by atoms with Gasteiger partial charge in [0.15, 0.2) is 0 Å². The van der Waals surface area contributed by atoms with Crippen molar-refractivity contribution in [2.24, 2.45) is 0 Å². The van der Waals surface area contributed by atoms with Crippen LogP contribution < -0.4 is 5.46 Å². The molecule has 0 fully saturated rings. The second-order valence-electron chi connectivity index (χ2n) is 6.12. The minimum Gasteiger partial charge on any atom is -0.423 e. The Morgan fingerprint density at radius 1 is 0.895 bits per heavy atom. The van der Waals surface area contributed by atoms with Crippen molar-refractivity contribution in [3.05, 3.63) is 28.8 Å². The minimum atomic E-state index is -0.837. The van der Waals surface area contributed by atoms with Gasteiger partial charge >= 0.3 is 7.12 Å². The molecular formula is C16H27BO2. The second-order valence-corrected chi connectivity index (χ2v) is 6.12. The van der Waals surface area contributed by atoms with Crippen LogP contribution in [0.5, 0.6) is 0 Å². The Balaban J connectivity index is 3.58. The van der Waals surface area contributed by atoms with E-state index in [0.717, 1.165) is 5.46 Å². The van der Waals surface area contributed by atoms with Crippen LogP contribution in [0.3, 0.4) is 0 Å². The van der Waals surface area contributed by atoms with Gasteiger partial charge in [-0.25, -0.2) is 0 Å². The molecular weight excluding hydrogens is 235 g/mol. The molecule has 0 amide bonds. The van der Waals surface area contributed by atoms with Gasteiger partial charge in [0, 0.05) is 7.11 Å². The normalized spacial score (nSPS) is 11.7. The van der Waals surface area contributed by atoms with Crippen LogP contribution in [0.25, 0.3) is 0 Å². The minimum absolute atomic E-state index is 0.371. The van der Waals surface area contributed by atoms with E-state index in [2.05, 4.69) is 47.6 Å². The lowest BCUT2D eigenvalue weighted by Crippen LogP contribution is -2.37. The highest BCUT2D eigenvalue weighted by Crippen LogP contribution is 2.32. The van der Waals surface area contributed by atoms with E-state index in [1.807, 2.05) is 6.07 Å². The first-order valence-corrected chi connectivity index (χ1v) is 7.18. The largest absolute Gasteiger partial charge is 0.491 e. The maximum atomic E-state index is 10.1. The summed E-state index contributed by atoms with van der Waals surface area (Å²) in [6.07, 6.45) is 0. The van der Waals surface area contributed by atoms with Gasteiger partial charge in [0.1, 0.15) is 0 Å². The number of hydrogen-bond acceptors (Lipinski definition) is 2. The van der Waals surface area contributed by atoms with Crippen molar-refractivity contribution in [2.45, 2.75) is 59.3 Å². The maximum Gasteiger partial charge on any atom is 0.491 e. The molecule has 0 saturated heterocycles. The summed E-state index contributed by atoms with van der Waals surface area (Å²) < 4.78 is 5.12. The predicted molar refractivity (Wildman–Crippen MR) is 83.3 cm³/mol. The van der Waals surface area contributed by atoms with Gasteiger partial charge in [-0.1, -0.05) is 53.7 Å². The molecule has 1 rings (SSSR count). The first-order chi connectivity index (χ1) is 8.81. The summed E-state index contributed by atoms with van der Waals surface area (Å²) in [4.78, 5) is 0. The molecule has 0 aliphatic rings. The molecule has 0 aliphatic carbocycles. The van der Waals surface area contributed by atoms with Crippen LogP contribution in [-0.4, -0.2) is 19.3 Å². The van der Waals surface area contributed by atoms with Gasteiger partial charge in [0.2, 0.25) is 0 Å². The Bertz CT molecular complexity index is 425. The summed E-state index contributed by atoms with van der Waals surface area (Å²) in [5.74, 6) is 1.30. The first-order valence-electron chi connectivity index (χ1n) is 7.18. The Kier molecular flexibility index (Phi) is 5.63. The Hall–Kier alpha value is -0.795. The zero-order chi connectivity index (χ0) is 14.7. The molecule has 19 heavy (non-hydrogen) atoms. The zero-order valence-corrected chi connectivity index (χ0v) is 13.3. The third-order valence-corrected chi connectivity index (χ3v) is 3.62. The van der Waals surface area contributed by atoms with Crippen molar-refractivity contribution in [1.29, 1.82) is 0 Å². The predicted octanol–water partition coefficient (Wildman–Crippen LogP) is 3.39. The van der Waals surface area contributed by atoms with Gasteiger partial charge in [-0.3, -0.25) is 0 Å². The maximum absolute atomic E-state index is 10.1. The lowest BCUT2D eigenvalue weighted by Gasteiger charge is -2.26. The van der Waals surface area contributed by atoms with Gasteiger partial charge in [-0.05, 0) is 39.9 Å². The van der Waals surface area contributed by atoms with Crippen LogP contribution in [0.1, 0.15) is 76.0 Å². The standard InChI is InChI=1S/C16H27BO2/c1-10(2)13-8-9-14(17(18)19-7)16(12(5)6)15(13)11(3)4/h8-12,18H,1-7H3. The number of benzene rings is 1. The topological polar surface area (TPSA) is 29.5 Å². The van der Waals surface area contributed by atoms with E-state index >= 15 is 0 Å². The van der Waals surface area contributed by atoms with Crippen LogP contribution in [0.4, 0.5) is 0 Å². The Morgan fingerprint density at radius 2 is 1.42 bits per heavy atom. The summed E-state index contributed by atoms with van der Waals surface area (Å²) in [5.41, 5.74) is 4.91. The first kappa shape index (κ1) is 16.3. The van der Waals surface area contributed by atoms with Gasteiger partial charge < -0.3 is 9.68 Å². The quantitative estimate of drug-likeness (QED) is 0.824. The van der Waals surface area contributed by atoms with E-state index in [1.54, 1.807) is 7.11 Å². The highest BCUT2D eigenvalue weighted by molar-refractivity contribution is 6.60. The van der Waals surface area contributed by atoms with Gasteiger partial charge in [0.05, 0.1) is 0 Å². The summed E-state index contributed by atoms with van der Waals surface area (Å²) in [6, 6.07) is 4.16. The fourth-order valence-electron chi connectivity index (χ4n) is 2.80. The smallest absolute Gasteiger partial charge is 0.423 e. The van der Waals surface area contributed by atoms with Crippen molar-refractivity contribution in [2.75, 3.05) is 7.11 Å². The van der Waals surface area contributed by atoms with E-state index in [4.69, 9.17) is 4.65 Å². The molecule has 106 valence electrons. The molecule has 0 spiro atoms. The van der Waals surface area contributed by atoms with Crippen LogP contribution in [0.2, 0.25) is 0 Å². The molecule has 1 aromatic carbocycles. The average Bonchev–Trinajstić information content (AvgIpc) is 2.35. The van der Waals surface area contributed by atoms with Crippen molar-refractivity contribution >= 4 is 12.6 Å². The molecule has 0 bridgehead atoms. The van der Waals surface area contributed by atoms with E-state index in [-0.39, 0.29) is 0 Å². The summed E-state index contributed by atoms with van der Waals surface area (Å²) >= 11 is 0. The van der Waals surface area contributed by atoms with Crippen LogP contribution in [0, 0.1) is 0 Å². The number of hydrogen-bond donors (Lipinski definition) is 1. The van der Waals surface area contributed by atoms with Crippen LogP contribution in [-0.2, 0) is 4.65 Å². The fourth-order valence-corrected chi connectivity index (χ4v) is 2.80. The van der Waals surface area contributed by atoms with Gasteiger partial charge in [-0.2, -0.15) is 0 Å². The SMILES string of the molecule is COB(O)c1ccc(C(C)C)c(C(C)C)c1C(C)C. The molecule has 1 aromatic rings. The molecule has 0 aliphatic heterocycles. The molecule has 0 atom stereocenters. The van der Waals surface area contributed by atoms with Crippen molar-refractivity contribution in [1.82, 2.24) is 0 Å². The summed E-state index contributed by atoms with van der Waals surface area (Å²) in [7, 11) is 0.705. The Morgan fingerprint density at radius 3 is 1.79 bits per heavy atom. The monoisotopic (exact) mass is 262 g/mol. The van der Waals surface area contributed by atoms with E-state index in [0.29, 0.717) is 17.8 Å². The van der Waals surface area contributed by atoms with Crippen molar-refractivity contribution in [3.63, 3.8) is 0 Å². The fraction of sp³-hybridized carbons (Fsp3) is 0.625. The van der Waals surface area contributed by atoms with Crippen LogP contribution in [0.15, 0.2) is 12.1 Å². The molecule has 0 saturated carbocycles. The molecule has 2 nitrogen and oxygen atoms in total. The van der Waals surface area contributed by atoms with Crippen molar-refractivity contribution in [3.8, 4) is 0 Å². The zero-order valence-electron chi connectivity index (χ0n) is 13.3. The summed E-state index contributed by atoms with van der Waals surface area (Å²) in [5, 5.41) is 10.1. The third-order valence-electron chi connectivity index (χ3n) is 3.62. The van der Waals surface area contributed by atoms with E-state index in [1.165, 1.54) is 16.7 Å². The molecule has 1 N–H and O–H groups in total. The van der Waals surface area contributed by atoms with Gasteiger partial charge in [-0.15, -0.1) is 0 Å². The van der Waals surface area contributed by atoms with Gasteiger partial charge in [0.25, 0.3) is 0 Å². The molecule has 0 aromatic heterocycles. The molecule has 0 heterocycles. The highest BCUT2D eigenvalue weighted by Gasteiger charge is 2.26. The second kappa shape index (κ2) is 6.58. The summed E-state index contributed by atoms with van der Waals surface area (Å²) in [6.45, 7) is 13.2. The third kappa shape index (κ3) is 3.40. The number of rotatable bonds is 5. The highest BCUT2D eigenvalue weighted by atomic mass is 16.5. The van der Waals surface area contributed by atoms with E-state index < -0.39 is 7.12 Å². The molecule has 0 radical (unpaired) electrons. The lowest BCUT2D eigenvalue weighted by atomic mass is 9.69. The average molecular weight is 262 g/mol. The lowest BCUT2D eigenvalue weighted by molar-refractivity contribution is 0.341. The van der Waals surface area contributed by atoms with E-state index in [9.17, 15) is 5.02 Å². The van der Waals surface area contributed by atoms with Crippen molar-refractivity contribution < 1.29 is 9.68 Å². The molecule has 3 heteroatoms. The van der Waals surface area contributed by atoms with Crippen LogP contribution >= 0.6 is 0 Å². The molecule has 0 unspecified atom stereocenters. The Labute approximate surface area is 118 Å².